The molecule has 3 aromatic rings. The highest BCUT2D eigenvalue weighted by atomic mass is 35.5. The predicted molar refractivity (Wildman–Crippen MR) is 93.9 cm³/mol. The number of nitrogens with zero attached hydrogens (tertiary/aromatic N) is 1. The summed E-state index contributed by atoms with van der Waals surface area (Å²) >= 11 is 5.90. The molecule has 0 heterocycles. The Labute approximate surface area is 135 Å². The normalized spacial score (nSPS) is 9.86. The highest BCUT2D eigenvalue weighted by Gasteiger charge is 2.03. The number of hydrogen-bond donors (Lipinski definition) is 0. The summed E-state index contributed by atoms with van der Waals surface area (Å²) in [4.78, 5) is 4.45. The smallest absolute Gasteiger partial charge is 0.0731 e. The molecule has 1 nitrogen and oxygen atoms in total. The van der Waals surface area contributed by atoms with Crippen LogP contribution in [0.2, 0.25) is 5.02 Å². The lowest BCUT2D eigenvalue weighted by Gasteiger charge is -2.04. The van der Waals surface area contributed by atoms with Crippen molar-refractivity contribution in [2.24, 2.45) is 4.99 Å². The maximum absolute atomic E-state index is 5.90. The SMILES string of the molecule is Clc1ccc(N=C=C(c2ccccc2)c2ccccc2)cc1. The van der Waals surface area contributed by atoms with Crippen LogP contribution in [-0.2, 0) is 0 Å². The molecule has 0 spiro atoms. The van der Waals surface area contributed by atoms with Gasteiger partial charge in [-0.05, 0) is 41.3 Å². The maximum atomic E-state index is 5.90. The van der Waals surface area contributed by atoms with E-state index in [1.165, 1.54) is 0 Å². The van der Waals surface area contributed by atoms with Gasteiger partial charge in [0.15, 0.2) is 0 Å². The molecule has 0 aliphatic rings. The molecule has 22 heavy (non-hydrogen) atoms. The molecule has 3 rings (SSSR count). The van der Waals surface area contributed by atoms with E-state index >= 15 is 0 Å². The number of benzene rings is 3. The zero-order valence-corrected chi connectivity index (χ0v) is 12.7. The third-order valence-electron chi connectivity index (χ3n) is 3.25. The van der Waals surface area contributed by atoms with Crippen LogP contribution in [0.4, 0.5) is 5.69 Å². The zero-order valence-electron chi connectivity index (χ0n) is 11.9. The molecular formula is C20H14ClN. The standard InChI is InChI=1S/C20H14ClN/c21-18-11-13-19(14-12-18)22-15-20(16-7-3-1-4-8-16)17-9-5-2-6-10-17/h1-14H. The van der Waals surface area contributed by atoms with Crippen molar-refractivity contribution in [2.75, 3.05) is 0 Å². The fourth-order valence-electron chi connectivity index (χ4n) is 2.14. The van der Waals surface area contributed by atoms with Gasteiger partial charge < -0.3 is 0 Å². The minimum Gasteiger partial charge on any atom is -0.206 e. The Morgan fingerprint density at radius 2 is 1.18 bits per heavy atom. The molecule has 2 heteroatoms. The molecule has 3 aromatic carbocycles. The van der Waals surface area contributed by atoms with E-state index in [9.17, 15) is 0 Å². The van der Waals surface area contributed by atoms with Crippen LogP contribution in [0.25, 0.3) is 5.57 Å². The van der Waals surface area contributed by atoms with Crippen LogP contribution in [0.15, 0.2) is 89.9 Å². The molecule has 0 aliphatic heterocycles. The van der Waals surface area contributed by atoms with Crippen molar-refractivity contribution < 1.29 is 0 Å². The van der Waals surface area contributed by atoms with Crippen molar-refractivity contribution in [3.63, 3.8) is 0 Å². The number of rotatable bonds is 3. The van der Waals surface area contributed by atoms with Crippen LogP contribution in [0.1, 0.15) is 11.1 Å². The first-order chi connectivity index (χ1) is 10.8. The zero-order chi connectivity index (χ0) is 15.2. The van der Waals surface area contributed by atoms with Gasteiger partial charge in [0, 0.05) is 5.02 Å². The fourth-order valence-corrected chi connectivity index (χ4v) is 2.27. The predicted octanol–water partition coefficient (Wildman–Crippen LogP) is 5.77. The third kappa shape index (κ3) is 3.53. The van der Waals surface area contributed by atoms with Crippen molar-refractivity contribution in [3.05, 3.63) is 101 Å². The van der Waals surface area contributed by atoms with E-state index < -0.39 is 0 Å². The summed E-state index contributed by atoms with van der Waals surface area (Å²) in [7, 11) is 0. The minimum absolute atomic E-state index is 0.703. The summed E-state index contributed by atoms with van der Waals surface area (Å²) in [5, 5.41) is 0.703. The van der Waals surface area contributed by atoms with Crippen LogP contribution in [0, 0.1) is 0 Å². The van der Waals surface area contributed by atoms with Crippen molar-refractivity contribution in [1.82, 2.24) is 0 Å². The summed E-state index contributed by atoms with van der Waals surface area (Å²) in [5.74, 6) is 3.19. The number of halogens is 1. The molecule has 0 saturated carbocycles. The number of hydrogen-bond acceptors (Lipinski definition) is 1. The lowest BCUT2D eigenvalue weighted by atomic mass is 9.99. The first-order valence-corrected chi connectivity index (χ1v) is 7.41. The van der Waals surface area contributed by atoms with Gasteiger partial charge in [0.05, 0.1) is 11.3 Å². The largest absolute Gasteiger partial charge is 0.206 e. The van der Waals surface area contributed by atoms with E-state index in [-0.39, 0.29) is 0 Å². The first kappa shape index (κ1) is 14.3. The van der Waals surface area contributed by atoms with E-state index in [0.29, 0.717) is 5.02 Å². The molecule has 0 aromatic heterocycles. The second-order valence-electron chi connectivity index (χ2n) is 4.81. The molecule has 0 amide bonds. The van der Waals surface area contributed by atoms with Crippen LogP contribution in [-0.4, -0.2) is 5.87 Å². The minimum atomic E-state index is 0.703. The Morgan fingerprint density at radius 1 is 0.682 bits per heavy atom. The average molecular weight is 304 g/mol. The van der Waals surface area contributed by atoms with E-state index in [1.807, 2.05) is 60.7 Å². The van der Waals surface area contributed by atoms with Gasteiger partial charge in [-0.3, -0.25) is 0 Å². The summed E-state index contributed by atoms with van der Waals surface area (Å²) in [6.45, 7) is 0. The Balaban J connectivity index is 2.09. The van der Waals surface area contributed by atoms with Crippen molar-refractivity contribution in [2.45, 2.75) is 0 Å². The first-order valence-electron chi connectivity index (χ1n) is 7.03. The molecule has 0 bridgehead atoms. The Bertz CT molecular complexity index is 758. The molecular weight excluding hydrogens is 290 g/mol. The van der Waals surface area contributed by atoms with Gasteiger partial charge >= 0.3 is 0 Å². The van der Waals surface area contributed by atoms with Crippen LogP contribution in [0.5, 0.6) is 0 Å². The molecule has 0 aliphatic carbocycles. The van der Waals surface area contributed by atoms with E-state index in [1.54, 1.807) is 0 Å². The second kappa shape index (κ2) is 6.91. The van der Waals surface area contributed by atoms with E-state index in [4.69, 9.17) is 11.6 Å². The van der Waals surface area contributed by atoms with Crippen LogP contribution in [0.3, 0.4) is 0 Å². The fraction of sp³-hybridized carbons (Fsp3) is 0. The van der Waals surface area contributed by atoms with Gasteiger partial charge in [-0.15, -0.1) is 0 Å². The molecule has 0 radical (unpaired) electrons. The van der Waals surface area contributed by atoms with Gasteiger partial charge in [-0.25, -0.2) is 4.99 Å². The lowest BCUT2D eigenvalue weighted by molar-refractivity contribution is 1.53. The summed E-state index contributed by atoms with van der Waals surface area (Å²) in [5.41, 5.74) is 3.97. The van der Waals surface area contributed by atoms with Crippen molar-refractivity contribution in [1.29, 1.82) is 0 Å². The molecule has 0 fully saturated rings. The summed E-state index contributed by atoms with van der Waals surface area (Å²) in [6, 6.07) is 27.7. The van der Waals surface area contributed by atoms with Crippen LogP contribution < -0.4 is 0 Å². The average Bonchev–Trinajstić information content (AvgIpc) is 2.59. The highest BCUT2D eigenvalue weighted by Crippen LogP contribution is 2.21. The van der Waals surface area contributed by atoms with Gasteiger partial charge in [0.1, 0.15) is 0 Å². The van der Waals surface area contributed by atoms with Gasteiger partial charge in [-0.2, -0.15) is 0 Å². The molecule has 0 N–H and O–H groups in total. The summed E-state index contributed by atoms with van der Waals surface area (Å²) in [6.07, 6.45) is 0. The molecule has 0 saturated heterocycles. The lowest BCUT2D eigenvalue weighted by Crippen LogP contribution is -1.88. The highest BCUT2D eigenvalue weighted by molar-refractivity contribution is 6.30. The molecule has 0 unspecified atom stereocenters. The third-order valence-corrected chi connectivity index (χ3v) is 3.50. The Hall–Kier alpha value is -2.60. The molecule has 106 valence electrons. The molecule has 0 atom stereocenters. The van der Waals surface area contributed by atoms with E-state index in [2.05, 4.69) is 35.1 Å². The van der Waals surface area contributed by atoms with Gasteiger partial charge in [0.2, 0.25) is 0 Å². The Kier molecular flexibility index (Phi) is 4.50. The maximum Gasteiger partial charge on any atom is 0.0731 e. The summed E-state index contributed by atoms with van der Waals surface area (Å²) < 4.78 is 0. The van der Waals surface area contributed by atoms with Crippen molar-refractivity contribution in [3.8, 4) is 0 Å². The number of aliphatic imine (C=N–C) groups is 1. The van der Waals surface area contributed by atoms with E-state index in [0.717, 1.165) is 22.4 Å². The quantitative estimate of drug-likeness (QED) is 0.544. The van der Waals surface area contributed by atoms with Gasteiger partial charge in [-0.1, -0.05) is 72.3 Å². The second-order valence-corrected chi connectivity index (χ2v) is 5.24. The van der Waals surface area contributed by atoms with Gasteiger partial charge in [0.25, 0.3) is 0 Å². The monoisotopic (exact) mass is 303 g/mol. The Morgan fingerprint density at radius 3 is 1.68 bits per heavy atom. The van der Waals surface area contributed by atoms with Crippen LogP contribution >= 0.6 is 11.6 Å². The topological polar surface area (TPSA) is 12.4 Å². The van der Waals surface area contributed by atoms with Crippen molar-refractivity contribution >= 4 is 28.7 Å².